The zero-order valence-electron chi connectivity index (χ0n) is 12.9. The fourth-order valence-electron chi connectivity index (χ4n) is 2.03. The Hall–Kier alpha value is -3.06. The molecule has 128 valence electrons. The minimum absolute atomic E-state index is 0.157. The standard InChI is InChI=1S/C17H13ClN2O5/c18-17-12(2-1-7-19-17)20-15(21)9-23-16(22)6-4-11-3-5-13-14(8-11)25-10-24-13/h1-8H,9-10H2,(H,20,21). The molecule has 1 aliphatic heterocycles. The average Bonchev–Trinajstić information content (AvgIpc) is 3.08. The molecule has 0 saturated carbocycles. The van der Waals surface area contributed by atoms with Crippen LogP contribution >= 0.6 is 11.6 Å². The first-order valence-corrected chi connectivity index (χ1v) is 7.64. The van der Waals surface area contributed by atoms with Crippen LogP contribution in [0.15, 0.2) is 42.6 Å². The topological polar surface area (TPSA) is 86.8 Å². The number of aromatic nitrogens is 1. The van der Waals surface area contributed by atoms with Crippen LogP contribution in [0.5, 0.6) is 11.5 Å². The Labute approximate surface area is 148 Å². The predicted molar refractivity (Wildman–Crippen MR) is 90.4 cm³/mol. The molecule has 7 nitrogen and oxygen atoms in total. The first kappa shape index (κ1) is 16.8. The second kappa shape index (κ2) is 7.67. The Morgan fingerprint density at radius 1 is 1.28 bits per heavy atom. The lowest BCUT2D eigenvalue weighted by Gasteiger charge is -2.06. The SMILES string of the molecule is O=C(COC(=O)C=Cc1ccc2c(c1)OCO2)Nc1cccnc1Cl. The van der Waals surface area contributed by atoms with Gasteiger partial charge in [-0.3, -0.25) is 4.79 Å². The van der Waals surface area contributed by atoms with E-state index in [2.05, 4.69) is 10.3 Å². The molecule has 2 heterocycles. The van der Waals surface area contributed by atoms with E-state index in [-0.39, 0.29) is 11.9 Å². The van der Waals surface area contributed by atoms with Gasteiger partial charge in [0.25, 0.3) is 5.91 Å². The Kier molecular flexibility index (Phi) is 5.15. The molecule has 1 N–H and O–H groups in total. The monoisotopic (exact) mass is 360 g/mol. The van der Waals surface area contributed by atoms with Gasteiger partial charge in [0, 0.05) is 12.3 Å². The first-order chi connectivity index (χ1) is 12.1. The van der Waals surface area contributed by atoms with E-state index in [1.807, 2.05) is 0 Å². The second-order valence-electron chi connectivity index (χ2n) is 4.94. The van der Waals surface area contributed by atoms with Crippen LogP contribution in [0.25, 0.3) is 6.08 Å². The molecule has 8 heteroatoms. The van der Waals surface area contributed by atoms with E-state index in [1.165, 1.54) is 12.3 Å². The molecule has 2 aromatic rings. The van der Waals surface area contributed by atoms with Crippen molar-refractivity contribution in [2.24, 2.45) is 0 Å². The number of pyridine rings is 1. The lowest BCUT2D eigenvalue weighted by Crippen LogP contribution is -2.20. The van der Waals surface area contributed by atoms with Crippen molar-refractivity contribution in [1.29, 1.82) is 0 Å². The van der Waals surface area contributed by atoms with Crippen LogP contribution < -0.4 is 14.8 Å². The molecule has 1 aliphatic rings. The maximum Gasteiger partial charge on any atom is 0.331 e. The third-order valence-corrected chi connectivity index (χ3v) is 3.49. The van der Waals surface area contributed by atoms with E-state index < -0.39 is 18.5 Å². The maximum atomic E-state index is 11.7. The molecule has 25 heavy (non-hydrogen) atoms. The highest BCUT2D eigenvalue weighted by molar-refractivity contribution is 6.32. The molecule has 0 fully saturated rings. The van der Waals surface area contributed by atoms with Gasteiger partial charge in [0.15, 0.2) is 23.3 Å². The van der Waals surface area contributed by atoms with Crippen LogP contribution in [0, 0.1) is 0 Å². The lowest BCUT2D eigenvalue weighted by molar-refractivity contribution is -0.142. The van der Waals surface area contributed by atoms with Gasteiger partial charge < -0.3 is 19.5 Å². The van der Waals surface area contributed by atoms with E-state index >= 15 is 0 Å². The summed E-state index contributed by atoms with van der Waals surface area (Å²) >= 11 is 5.82. The number of carbonyl (C=O) groups is 2. The summed E-state index contributed by atoms with van der Waals surface area (Å²) < 4.78 is 15.3. The first-order valence-electron chi connectivity index (χ1n) is 7.27. The Bertz CT molecular complexity index is 838. The Morgan fingerprint density at radius 3 is 2.96 bits per heavy atom. The fourth-order valence-corrected chi connectivity index (χ4v) is 2.20. The van der Waals surface area contributed by atoms with Crippen molar-refractivity contribution in [2.75, 3.05) is 18.7 Å². The van der Waals surface area contributed by atoms with Crippen LogP contribution in [0.3, 0.4) is 0 Å². The number of nitrogens with zero attached hydrogens (tertiary/aromatic N) is 1. The summed E-state index contributed by atoms with van der Waals surface area (Å²) in [4.78, 5) is 27.3. The van der Waals surface area contributed by atoms with Gasteiger partial charge in [-0.2, -0.15) is 0 Å². The van der Waals surface area contributed by atoms with E-state index in [9.17, 15) is 9.59 Å². The predicted octanol–water partition coefficient (Wildman–Crippen LogP) is 2.66. The number of amides is 1. The summed E-state index contributed by atoms with van der Waals surface area (Å²) in [6.45, 7) is -0.254. The van der Waals surface area contributed by atoms with Gasteiger partial charge in [-0.15, -0.1) is 0 Å². The van der Waals surface area contributed by atoms with Crippen LogP contribution in [0.2, 0.25) is 5.15 Å². The average molecular weight is 361 g/mol. The van der Waals surface area contributed by atoms with Gasteiger partial charge in [0.1, 0.15) is 0 Å². The van der Waals surface area contributed by atoms with Crippen molar-refractivity contribution in [2.45, 2.75) is 0 Å². The van der Waals surface area contributed by atoms with Gasteiger partial charge in [-0.25, -0.2) is 9.78 Å². The van der Waals surface area contributed by atoms with Crippen molar-refractivity contribution in [3.8, 4) is 11.5 Å². The summed E-state index contributed by atoms with van der Waals surface area (Å²) in [5, 5.41) is 2.66. The zero-order chi connectivity index (χ0) is 17.6. The van der Waals surface area contributed by atoms with Crippen molar-refractivity contribution < 1.29 is 23.8 Å². The molecule has 1 aromatic heterocycles. The number of carbonyl (C=O) groups excluding carboxylic acids is 2. The summed E-state index contributed by atoms with van der Waals surface area (Å²) in [6.07, 6.45) is 4.28. The molecule has 0 bridgehead atoms. The van der Waals surface area contributed by atoms with Crippen molar-refractivity contribution in [1.82, 2.24) is 4.98 Å². The second-order valence-corrected chi connectivity index (χ2v) is 5.30. The number of rotatable bonds is 5. The summed E-state index contributed by atoms with van der Waals surface area (Å²) in [6, 6.07) is 8.48. The fraction of sp³-hybridized carbons (Fsp3) is 0.118. The van der Waals surface area contributed by atoms with Crippen LogP contribution in [-0.2, 0) is 14.3 Å². The quantitative estimate of drug-likeness (QED) is 0.501. The number of hydrogen-bond acceptors (Lipinski definition) is 6. The number of ether oxygens (including phenoxy) is 3. The van der Waals surface area contributed by atoms with Crippen LogP contribution in [-0.4, -0.2) is 30.3 Å². The van der Waals surface area contributed by atoms with Crippen molar-refractivity contribution in [3.05, 3.63) is 53.3 Å². The minimum Gasteiger partial charge on any atom is -0.454 e. The highest BCUT2D eigenvalue weighted by atomic mass is 35.5. The lowest BCUT2D eigenvalue weighted by atomic mass is 10.2. The molecule has 1 amide bonds. The van der Waals surface area contributed by atoms with Gasteiger partial charge in [0.2, 0.25) is 6.79 Å². The molecular formula is C17H13ClN2O5. The number of esters is 1. The smallest absolute Gasteiger partial charge is 0.331 e. The molecule has 1 aromatic carbocycles. The largest absolute Gasteiger partial charge is 0.454 e. The summed E-state index contributed by atoms with van der Waals surface area (Å²) in [5.74, 6) is 0.110. The van der Waals surface area contributed by atoms with Crippen LogP contribution in [0.1, 0.15) is 5.56 Å². The normalized spacial score (nSPS) is 12.2. The Morgan fingerprint density at radius 2 is 2.12 bits per heavy atom. The third kappa shape index (κ3) is 4.48. The number of fused-ring (bicyclic) bond motifs is 1. The molecule has 0 spiro atoms. The minimum atomic E-state index is -0.648. The van der Waals surface area contributed by atoms with E-state index in [0.29, 0.717) is 17.2 Å². The molecule has 0 saturated heterocycles. The van der Waals surface area contributed by atoms with Crippen LogP contribution in [0.4, 0.5) is 5.69 Å². The highest BCUT2D eigenvalue weighted by Crippen LogP contribution is 2.32. The highest BCUT2D eigenvalue weighted by Gasteiger charge is 2.12. The number of halogens is 1. The van der Waals surface area contributed by atoms with Gasteiger partial charge >= 0.3 is 5.97 Å². The number of anilines is 1. The van der Waals surface area contributed by atoms with Gasteiger partial charge in [-0.05, 0) is 35.9 Å². The van der Waals surface area contributed by atoms with Gasteiger partial charge in [-0.1, -0.05) is 17.7 Å². The molecule has 0 atom stereocenters. The number of nitrogens with one attached hydrogen (secondary N) is 1. The van der Waals surface area contributed by atoms with Crippen molar-refractivity contribution >= 4 is 35.2 Å². The molecule has 0 radical (unpaired) electrons. The zero-order valence-corrected chi connectivity index (χ0v) is 13.7. The third-order valence-electron chi connectivity index (χ3n) is 3.19. The summed E-state index contributed by atoms with van der Waals surface area (Å²) in [5.41, 5.74) is 1.09. The van der Waals surface area contributed by atoms with E-state index in [0.717, 1.165) is 5.56 Å². The number of benzene rings is 1. The van der Waals surface area contributed by atoms with Crippen molar-refractivity contribution in [3.63, 3.8) is 0 Å². The van der Waals surface area contributed by atoms with Gasteiger partial charge in [0.05, 0.1) is 5.69 Å². The molecule has 0 aliphatic carbocycles. The summed E-state index contributed by atoms with van der Waals surface area (Å²) in [7, 11) is 0. The molecule has 0 unspecified atom stereocenters. The maximum absolute atomic E-state index is 11.7. The Balaban J connectivity index is 1.49. The molecule has 3 rings (SSSR count). The molecular weight excluding hydrogens is 348 g/mol. The van der Waals surface area contributed by atoms with E-state index in [1.54, 1.807) is 36.4 Å². The van der Waals surface area contributed by atoms with E-state index in [4.69, 9.17) is 25.8 Å². The number of hydrogen-bond donors (Lipinski definition) is 1.